The third kappa shape index (κ3) is 6.58. The maximum Gasteiger partial charge on any atom is 0.000380 e. The lowest BCUT2D eigenvalue weighted by molar-refractivity contribution is 0.441. The van der Waals surface area contributed by atoms with Crippen molar-refractivity contribution in [3.8, 4) is 0 Å². The van der Waals surface area contributed by atoms with Gasteiger partial charge in [-0.2, -0.15) is 0 Å². The Morgan fingerprint density at radius 1 is 1.00 bits per heavy atom. The highest BCUT2D eigenvalue weighted by Crippen LogP contribution is 1.89. The maximum atomic E-state index is 3.42. The standard InChI is InChI=1S/C9H23N3/c1-4-5-12-8-9(6-10-2)7-11-3/h9-12H,4-8H2,1-3H3. The van der Waals surface area contributed by atoms with Crippen molar-refractivity contribution < 1.29 is 0 Å². The van der Waals surface area contributed by atoms with Gasteiger partial charge in [0.2, 0.25) is 0 Å². The summed E-state index contributed by atoms with van der Waals surface area (Å²) in [6, 6.07) is 0. The minimum absolute atomic E-state index is 0.701. The summed E-state index contributed by atoms with van der Waals surface area (Å²) in [7, 11) is 4.00. The molecule has 0 amide bonds. The summed E-state index contributed by atoms with van der Waals surface area (Å²) in [5.74, 6) is 0.701. The van der Waals surface area contributed by atoms with Crippen molar-refractivity contribution in [2.75, 3.05) is 40.3 Å². The number of hydrogen-bond donors (Lipinski definition) is 3. The first-order chi connectivity index (χ1) is 5.85. The molecule has 3 N–H and O–H groups in total. The zero-order valence-electron chi connectivity index (χ0n) is 8.61. The Kier molecular flexibility index (Phi) is 8.88. The molecule has 3 nitrogen and oxygen atoms in total. The molecule has 12 heavy (non-hydrogen) atoms. The highest BCUT2D eigenvalue weighted by atomic mass is 14.9. The minimum atomic E-state index is 0.701. The highest BCUT2D eigenvalue weighted by Gasteiger charge is 2.04. The second kappa shape index (κ2) is 8.97. The van der Waals surface area contributed by atoms with Crippen LogP contribution in [0.3, 0.4) is 0 Å². The van der Waals surface area contributed by atoms with Crippen LogP contribution in [0.25, 0.3) is 0 Å². The molecule has 0 heterocycles. The van der Waals surface area contributed by atoms with Crippen LogP contribution in [0.1, 0.15) is 13.3 Å². The summed E-state index contributed by atoms with van der Waals surface area (Å²) in [4.78, 5) is 0. The van der Waals surface area contributed by atoms with Gasteiger partial charge in [0.05, 0.1) is 0 Å². The lowest BCUT2D eigenvalue weighted by Crippen LogP contribution is -2.36. The topological polar surface area (TPSA) is 36.1 Å². The van der Waals surface area contributed by atoms with Crippen molar-refractivity contribution in [2.24, 2.45) is 5.92 Å². The lowest BCUT2D eigenvalue weighted by atomic mass is 10.1. The van der Waals surface area contributed by atoms with Gasteiger partial charge in [0, 0.05) is 19.6 Å². The average Bonchev–Trinajstić information content (AvgIpc) is 2.06. The summed E-state index contributed by atoms with van der Waals surface area (Å²) >= 11 is 0. The molecule has 0 unspecified atom stereocenters. The highest BCUT2D eigenvalue weighted by molar-refractivity contribution is 4.65. The van der Waals surface area contributed by atoms with Crippen LogP contribution in [0.15, 0.2) is 0 Å². The summed E-state index contributed by atoms with van der Waals surface area (Å²) < 4.78 is 0. The Morgan fingerprint density at radius 3 is 2.00 bits per heavy atom. The number of rotatable bonds is 8. The Hall–Kier alpha value is -0.120. The monoisotopic (exact) mass is 173 g/mol. The van der Waals surface area contributed by atoms with Crippen LogP contribution < -0.4 is 16.0 Å². The Labute approximate surface area is 76.3 Å². The molecule has 0 aromatic carbocycles. The zero-order chi connectivity index (χ0) is 9.23. The number of hydrogen-bond acceptors (Lipinski definition) is 3. The van der Waals surface area contributed by atoms with E-state index < -0.39 is 0 Å². The molecule has 0 radical (unpaired) electrons. The molecule has 0 rings (SSSR count). The van der Waals surface area contributed by atoms with Gasteiger partial charge < -0.3 is 16.0 Å². The van der Waals surface area contributed by atoms with Crippen molar-refractivity contribution in [3.05, 3.63) is 0 Å². The van der Waals surface area contributed by atoms with E-state index in [1.807, 2.05) is 14.1 Å². The van der Waals surface area contributed by atoms with Crippen molar-refractivity contribution >= 4 is 0 Å². The van der Waals surface area contributed by atoms with Crippen LogP contribution in [-0.4, -0.2) is 40.3 Å². The molecule has 74 valence electrons. The van der Waals surface area contributed by atoms with Gasteiger partial charge in [0.25, 0.3) is 0 Å². The average molecular weight is 173 g/mol. The van der Waals surface area contributed by atoms with E-state index in [0.717, 1.165) is 26.2 Å². The second-order valence-corrected chi connectivity index (χ2v) is 3.19. The molecule has 0 saturated carbocycles. The molecule has 0 saturated heterocycles. The predicted octanol–water partition coefficient (Wildman–Crippen LogP) is 0.0410. The molecule has 0 fully saturated rings. The molecule has 0 aliphatic carbocycles. The van der Waals surface area contributed by atoms with Crippen LogP contribution >= 0.6 is 0 Å². The number of nitrogens with one attached hydrogen (secondary N) is 3. The fourth-order valence-electron chi connectivity index (χ4n) is 1.28. The minimum Gasteiger partial charge on any atom is -0.319 e. The fraction of sp³-hybridized carbons (Fsp3) is 1.00. The Balaban J connectivity index is 3.34. The molecule has 0 bridgehead atoms. The molecule has 0 aromatic rings. The van der Waals surface area contributed by atoms with Gasteiger partial charge in [-0.15, -0.1) is 0 Å². The van der Waals surface area contributed by atoms with Crippen molar-refractivity contribution in [3.63, 3.8) is 0 Å². The van der Waals surface area contributed by atoms with E-state index in [-0.39, 0.29) is 0 Å². The first kappa shape index (κ1) is 11.9. The van der Waals surface area contributed by atoms with E-state index in [1.165, 1.54) is 6.42 Å². The Bertz CT molecular complexity index is 79.8. The van der Waals surface area contributed by atoms with Gasteiger partial charge in [-0.05, 0) is 33.0 Å². The largest absolute Gasteiger partial charge is 0.319 e. The van der Waals surface area contributed by atoms with Gasteiger partial charge in [0.15, 0.2) is 0 Å². The van der Waals surface area contributed by atoms with Crippen LogP contribution in [-0.2, 0) is 0 Å². The zero-order valence-corrected chi connectivity index (χ0v) is 8.61. The summed E-state index contributed by atoms with van der Waals surface area (Å²) in [6.45, 7) is 6.59. The normalized spacial score (nSPS) is 11.0. The lowest BCUT2D eigenvalue weighted by Gasteiger charge is -2.16. The molecule has 0 spiro atoms. The van der Waals surface area contributed by atoms with Crippen LogP contribution in [0.2, 0.25) is 0 Å². The smallest absolute Gasteiger partial charge is 0.000380 e. The first-order valence-electron chi connectivity index (χ1n) is 4.85. The molecule has 3 heteroatoms. The van der Waals surface area contributed by atoms with E-state index in [2.05, 4.69) is 22.9 Å². The first-order valence-corrected chi connectivity index (χ1v) is 4.85. The van der Waals surface area contributed by atoms with E-state index in [0.29, 0.717) is 5.92 Å². The van der Waals surface area contributed by atoms with E-state index >= 15 is 0 Å². The van der Waals surface area contributed by atoms with Gasteiger partial charge in [0.1, 0.15) is 0 Å². The molecule has 0 aromatic heterocycles. The van der Waals surface area contributed by atoms with E-state index in [4.69, 9.17) is 0 Å². The Morgan fingerprint density at radius 2 is 1.58 bits per heavy atom. The molecule has 0 aliphatic heterocycles. The maximum absolute atomic E-state index is 3.42. The molecular weight excluding hydrogens is 150 g/mol. The third-order valence-corrected chi connectivity index (χ3v) is 1.85. The quantitative estimate of drug-likeness (QED) is 0.454. The molecule has 0 aliphatic rings. The van der Waals surface area contributed by atoms with E-state index in [1.54, 1.807) is 0 Å². The van der Waals surface area contributed by atoms with Crippen LogP contribution in [0.5, 0.6) is 0 Å². The SMILES string of the molecule is CCCNCC(CNC)CNC. The second-order valence-electron chi connectivity index (χ2n) is 3.19. The fourth-order valence-corrected chi connectivity index (χ4v) is 1.28. The van der Waals surface area contributed by atoms with Crippen LogP contribution in [0.4, 0.5) is 0 Å². The van der Waals surface area contributed by atoms with Gasteiger partial charge >= 0.3 is 0 Å². The summed E-state index contributed by atoms with van der Waals surface area (Å²) in [5, 5.41) is 9.82. The molecular formula is C9H23N3. The summed E-state index contributed by atoms with van der Waals surface area (Å²) in [5.41, 5.74) is 0. The van der Waals surface area contributed by atoms with Crippen molar-refractivity contribution in [1.82, 2.24) is 16.0 Å². The van der Waals surface area contributed by atoms with Gasteiger partial charge in [-0.1, -0.05) is 6.92 Å². The molecule has 0 atom stereocenters. The van der Waals surface area contributed by atoms with Crippen molar-refractivity contribution in [2.45, 2.75) is 13.3 Å². The van der Waals surface area contributed by atoms with Gasteiger partial charge in [-0.3, -0.25) is 0 Å². The van der Waals surface area contributed by atoms with Crippen LogP contribution in [0, 0.1) is 5.92 Å². The van der Waals surface area contributed by atoms with E-state index in [9.17, 15) is 0 Å². The van der Waals surface area contributed by atoms with Gasteiger partial charge in [-0.25, -0.2) is 0 Å². The third-order valence-electron chi connectivity index (χ3n) is 1.85. The van der Waals surface area contributed by atoms with Crippen molar-refractivity contribution in [1.29, 1.82) is 0 Å². The predicted molar refractivity (Wildman–Crippen MR) is 54.5 cm³/mol. The summed E-state index contributed by atoms with van der Waals surface area (Å²) in [6.07, 6.45) is 1.21.